The Labute approximate surface area is 128 Å². The van der Waals surface area contributed by atoms with Crippen molar-refractivity contribution in [1.29, 1.82) is 0 Å². The molecule has 0 spiro atoms. The standard InChI is InChI=1S/C12H9Cl2N3O4/c1-16-5-7(17(20)21)4-10(16)12(19)15-9-3-6(13)2-8(14)11(9)18/h2-5,18H,1H3,(H,15,19). The van der Waals surface area contributed by atoms with Gasteiger partial charge in [-0.1, -0.05) is 23.2 Å². The summed E-state index contributed by atoms with van der Waals surface area (Å²) in [5.74, 6) is -0.975. The van der Waals surface area contributed by atoms with Crippen molar-refractivity contribution in [1.82, 2.24) is 4.57 Å². The summed E-state index contributed by atoms with van der Waals surface area (Å²) in [6, 6.07) is 3.76. The van der Waals surface area contributed by atoms with E-state index >= 15 is 0 Å². The fourth-order valence-electron chi connectivity index (χ4n) is 1.72. The van der Waals surface area contributed by atoms with Gasteiger partial charge in [-0.05, 0) is 12.1 Å². The molecule has 1 aromatic carbocycles. The topological polar surface area (TPSA) is 97.4 Å². The predicted octanol–water partition coefficient (Wildman–Crippen LogP) is 3.20. The molecule has 9 heteroatoms. The number of anilines is 1. The second-order valence-corrected chi connectivity index (χ2v) is 5.03. The van der Waals surface area contributed by atoms with Crippen LogP contribution in [0.4, 0.5) is 11.4 Å². The largest absolute Gasteiger partial charge is 0.504 e. The molecule has 0 unspecified atom stereocenters. The number of nitrogens with zero attached hydrogens (tertiary/aromatic N) is 2. The third-order valence-corrected chi connectivity index (χ3v) is 3.22. The number of aryl methyl sites for hydroxylation is 1. The number of hydrogen-bond acceptors (Lipinski definition) is 4. The first-order valence-electron chi connectivity index (χ1n) is 5.59. The lowest BCUT2D eigenvalue weighted by molar-refractivity contribution is -0.384. The SMILES string of the molecule is Cn1cc([N+](=O)[O-])cc1C(=O)Nc1cc(Cl)cc(Cl)c1O. The summed E-state index contributed by atoms with van der Waals surface area (Å²) in [5.41, 5.74) is -0.144. The van der Waals surface area contributed by atoms with Crippen molar-refractivity contribution >= 4 is 40.5 Å². The Hall–Kier alpha value is -2.25. The third kappa shape index (κ3) is 3.09. The average molecular weight is 330 g/mol. The minimum Gasteiger partial charge on any atom is -0.504 e. The molecule has 0 fully saturated rings. The Morgan fingerprint density at radius 2 is 2.05 bits per heavy atom. The molecule has 2 aromatic rings. The van der Waals surface area contributed by atoms with Gasteiger partial charge in [0, 0.05) is 18.1 Å². The van der Waals surface area contributed by atoms with Crippen LogP contribution in [0.3, 0.4) is 0 Å². The summed E-state index contributed by atoms with van der Waals surface area (Å²) < 4.78 is 1.30. The van der Waals surface area contributed by atoms with Gasteiger partial charge in [0.05, 0.1) is 21.8 Å². The number of benzene rings is 1. The summed E-state index contributed by atoms with van der Waals surface area (Å²) in [7, 11) is 1.49. The number of phenolic OH excluding ortho intramolecular Hbond substituents is 1. The molecule has 0 saturated heterocycles. The molecule has 1 amide bonds. The van der Waals surface area contributed by atoms with Crippen molar-refractivity contribution < 1.29 is 14.8 Å². The average Bonchev–Trinajstić information content (AvgIpc) is 2.77. The molecule has 1 aromatic heterocycles. The van der Waals surface area contributed by atoms with E-state index in [1.807, 2.05) is 0 Å². The molecule has 110 valence electrons. The van der Waals surface area contributed by atoms with Crippen LogP contribution in [0.5, 0.6) is 5.75 Å². The number of nitro groups is 1. The molecule has 0 atom stereocenters. The first-order chi connectivity index (χ1) is 9.79. The van der Waals surface area contributed by atoms with Crippen LogP contribution in [0, 0.1) is 10.1 Å². The fourth-order valence-corrected chi connectivity index (χ4v) is 2.21. The lowest BCUT2D eigenvalue weighted by Crippen LogP contribution is -2.15. The summed E-state index contributed by atoms with van der Waals surface area (Å²) in [6.07, 6.45) is 1.21. The Bertz CT molecular complexity index is 742. The first-order valence-corrected chi connectivity index (χ1v) is 6.35. The van der Waals surface area contributed by atoms with Gasteiger partial charge in [0.1, 0.15) is 5.69 Å². The number of amides is 1. The van der Waals surface area contributed by atoms with Crippen LogP contribution < -0.4 is 5.32 Å². The maximum Gasteiger partial charge on any atom is 0.287 e. The Morgan fingerprint density at radius 3 is 2.62 bits per heavy atom. The molecule has 0 radical (unpaired) electrons. The Balaban J connectivity index is 2.32. The van der Waals surface area contributed by atoms with Crippen LogP contribution in [0.25, 0.3) is 0 Å². The highest BCUT2D eigenvalue weighted by Crippen LogP contribution is 2.35. The molecule has 7 nitrogen and oxygen atoms in total. The van der Waals surface area contributed by atoms with Crippen molar-refractivity contribution in [2.24, 2.45) is 7.05 Å². The van der Waals surface area contributed by atoms with E-state index in [4.69, 9.17) is 23.2 Å². The van der Waals surface area contributed by atoms with Gasteiger partial charge in [-0.15, -0.1) is 0 Å². The second-order valence-electron chi connectivity index (χ2n) is 4.19. The molecule has 21 heavy (non-hydrogen) atoms. The van der Waals surface area contributed by atoms with Gasteiger partial charge in [-0.3, -0.25) is 14.9 Å². The number of hydrogen-bond donors (Lipinski definition) is 2. The molecular weight excluding hydrogens is 321 g/mol. The summed E-state index contributed by atoms with van der Waals surface area (Å²) in [5, 5.41) is 23.0. The van der Waals surface area contributed by atoms with Gasteiger partial charge in [-0.2, -0.15) is 0 Å². The second kappa shape index (κ2) is 5.63. The minimum absolute atomic E-state index is 0.0151. The molecule has 0 bridgehead atoms. The van der Waals surface area contributed by atoms with Gasteiger partial charge in [0.2, 0.25) is 0 Å². The fraction of sp³-hybridized carbons (Fsp3) is 0.0833. The van der Waals surface area contributed by atoms with Crippen LogP contribution in [-0.2, 0) is 7.05 Å². The van der Waals surface area contributed by atoms with Gasteiger partial charge < -0.3 is 15.0 Å². The van der Waals surface area contributed by atoms with Crippen molar-refractivity contribution in [2.45, 2.75) is 0 Å². The van der Waals surface area contributed by atoms with E-state index in [-0.39, 0.29) is 32.9 Å². The van der Waals surface area contributed by atoms with E-state index in [9.17, 15) is 20.0 Å². The number of phenols is 1. The quantitative estimate of drug-likeness (QED) is 0.513. The molecule has 0 aliphatic carbocycles. The Morgan fingerprint density at radius 1 is 1.38 bits per heavy atom. The van der Waals surface area contributed by atoms with Gasteiger partial charge >= 0.3 is 0 Å². The lowest BCUT2D eigenvalue weighted by Gasteiger charge is -2.09. The minimum atomic E-state index is -0.640. The van der Waals surface area contributed by atoms with Crippen molar-refractivity contribution in [3.8, 4) is 5.75 Å². The maximum absolute atomic E-state index is 12.1. The van der Waals surface area contributed by atoms with Crippen LogP contribution in [-0.4, -0.2) is 20.5 Å². The predicted molar refractivity (Wildman–Crippen MR) is 78.1 cm³/mol. The summed E-state index contributed by atoms with van der Waals surface area (Å²) in [6.45, 7) is 0. The number of rotatable bonds is 3. The highest BCUT2D eigenvalue weighted by atomic mass is 35.5. The van der Waals surface area contributed by atoms with Gasteiger partial charge in [0.25, 0.3) is 11.6 Å². The molecular formula is C12H9Cl2N3O4. The Kier molecular flexibility index (Phi) is 4.06. The highest BCUT2D eigenvalue weighted by Gasteiger charge is 2.19. The van der Waals surface area contributed by atoms with Crippen LogP contribution in [0.1, 0.15) is 10.5 Å². The molecule has 0 saturated carbocycles. The summed E-state index contributed by atoms with van der Waals surface area (Å²) in [4.78, 5) is 22.2. The summed E-state index contributed by atoms with van der Waals surface area (Å²) >= 11 is 11.5. The van der Waals surface area contributed by atoms with Crippen molar-refractivity contribution in [2.75, 3.05) is 5.32 Å². The normalized spacial score (nSPS) is 10.4. The molecule has 0 aliphatic heterocycles. The zero-order valence-corrected chi connectivity index (χ0v) is 12.1. The number of aromatic nitrogens is 1. The lowest BCUT2D eigenvalue weighted by atomic mass is 10.2. The monoisotopic (exact) mass is 329 g/mol. The van der Waals surface area contributed by atoms with E-state index in [1.165, 1.54) is 29.9 Å². The number of halogens is 2. The van der Waals surface area contributed by atoms with E-state index in [0.29, 0.717) is 0 Å². The molecule has 2 N–H and O–H groups in total. The van der Waals surface area contributed by atoms with Gasteiger partial charge in [-0.25, -0.2) is 0 Å². The first kappa shape index (κ1) is 15.1. The van der Waals surface area contributed by atoms with Gasteiger partial charge in [0.15, 0.2) is 5.75 Å². The number of nitrogens with one attached hydrogen (secondary N) is 1. The van der Waals surface area contributed by atoms with Crippen LogP contribution >= 0.6 is 23.2 Å². The van der Waals surface area contributed by atoms with E-state index in [2.05, 4.69) is 5.32 Å². The smallest absolute Gasteiger partial charge is 0.287 e. The molecule has 2 rings (SSSR count). The van der Waals surface area contributed by atoms with Crippen molar-refractivity contribution in [3.63, 3.8) is 0 Å². The van der Waals surface area contributed by atoms with E-state index < -0.39 is 10.8 Å². The zero-order chi connectivity index (χ0) is 15.7. The number of aromatic hydroxyl groups is 1. The zero-order valence-electron chi connectivity index (χ0n) is 10.6. The van der Waals surface area contributed by atoms with E-state index in [1.54, 1.807) is 0 Å². The van der Waals surface area contributed by atoms with Crippen LogP contribution in [0.15, 0.2) is 24.4 Å². The maximum atomic E-state index is 12.1. The van der Waals surface area contributed by atoms with E-state index in [0.717, 1.165) is 6.07 Å². The number of carbonyl (C=O) groups is 1. The van der Waals surface area contributed by atoms with Crippen molar-refractivity contribution in [3.05, 3.63) is 50.2 Å². The third-order valence-electron chi connectivity index (χ3n) is 2.71. The number of carbonyl (C=O) groups excluding carboxylic acids is 1. The van der Waals surface area contributed by atoms with Crippen LogP contribution in [0.2, 0.25) is 10.0 Å². The molecule has 0 aliphatic rings. The molecule has 1 heterocycles. The highest BCUT2D eigenvalue weighted by molar-refractivity contribution is 6.36.